The number of anilines is 2. The minimum atomic E-state index is -0.473. The number of aromatic nitrogens is 2. The first-order chi connectivity index (χ1) is 15.0. The number of nitrogens with zero attached hydrogens (tertiary/aromatic N) is 3. The highest BCUT2D eigenvalue weighted by molar-refractivity contribution is 5.69. The van der Waals surface area contributed by atoms with E-state index in [0.717, 1.165) is 11.1 Å². The summed E-state index contributed by atoms with van der Waals surface area (Å²) < 4.78 is 10.6. The Morgan fingerprint density at radius 2 is 1.74 bits per heavy atom. The van der Waals surface area contributed by atoms with Crippen molar-refractivity contribution in [2.75, 3.05) is 31.4 Å². The van der Waals surface area contributed by atoms with Gasteiger partial charge in [0.15, 0.2) is 11.5 Å². The Bertz CT molecular complexity index is 1030. The summed E-state index contributed by atoms with van der Waals surface area (Å²) in [5.41, 5.74) is 1.81. The van der Waals surface area contributed by atoms with Gasteiger partial charge in [-0.25, -0.2) is 9.97 Å². The van der Waals surface area contributed by atoms with Gasteiger partial charge >= 0.3 is 5.69 Å². The van der Waals surface area contributed by atoms with Crippen LogP contribution in [0.2, 0.25) is 0 Å². The van der Waals surface area contributed by atoms with Crippen LogP contribution in [0.15, 0.2) is 54.9 Å². The van der Waals surface area contributed by atoms with E-state index < -0.39 is 4.92 Å². The molecule has 1 aromatic heterocycles. The van der Waals surface area contributed by atoms with Gasteiger partial charge in [0.1, 0.15) is 6.33 Å². The molecule has 0 saturated carbocycles. The zero-order chi connectivity index (χ0) is 22.2. The third-order valence-corrected chi connectivity index (χ3v) is 4.81. The second-order valence-electron chi connectivity index (χ2n) is 6.82. The first-order valence-electron chi connectivity index (χ1n) is 9.79. The van der Waals surface area contributed by atoms with Crippen molar-refractivity contribution >= 4 is 17.3 Å². The Balaban J connectivity index is 1.73. The topological polar surface area (TPSA) is 111 Å². The Hall–Kier alpha value is -3.88. The molecule has 3 rings (SSSR count). The number of methoxy groups -OCH3 is 2. The summed E-state index contributed by atoms with van der Waals surface area (Å²) in [6.07, 6.45) is 1.93. The number of ether oxygens (including phenoxy) is 2. The Morgan fingerprint density at radius 1 is 1.03 bits per heavy atom. The van der Waals surface area contributed by atoms with E-state index in [1.165, 1.54) is 6.33 Å². The molecule has 1 heterocycles. The molecule has 0 aliphatic carbocycles. The molecular formula is C22H25N5O4. The van der Waals surface area contributed by atoms with Crippen LogP contribution < -0.4 is 20.1 Å². The molecule has 1 unspecified atom stereocenters. The second-order valence-corrected chi connectivity index (χ2v) is 6.82. The molecule has 0 aliphatic heterocycles. The molecule has 162 valence electrons. The summed E-state index contributed by atoms with van der Waals surface area (Å²) in [4.78, 5) is 19.5. The van der Waals surface area contributed by atoms with Crippen molar-refractivity contribution < 1.29 is 14.4 Å². The predicted molar refractivity (Wildman–Crippen MR) is 119 cm³/mol. The zero-order valence-electron chi connectivity index (χ0n) is 17.7. The van der Waals surface area contributed by atoms with Crippen molar-refractivity contribution in [2.24, 2.45) is 0 Å². The maximum atomic E-state index is 11.8. The van der Waals surface area contributed by atoms with E-state index in [9.17, 15) is 10.1 Å². The van der Waals surface area contributed by atoms with Gasteiger partial charge in [-0.05, 0) is 36.6 Å². The number of hydrogen-bond acceptors (Lipinski definition) is 8. The molecule has 9 nitrogen and oxygen atoms in total. The fraction of sp³-hybridized carbons (Fsp3) is 0.273. The van der Waals surface area contributed by atoms with Gasteiger partial charge < -0.3 is 20.1 Å². The smallest absolute Gasteiger partial charge is 0.353 e. The standard InChI is InChI=1S/C22H25N5O4/c1-15(17-7-5-4-6-8-17)26-22-20(27(28)29)21(24-14-25-22)23-12-11-16-9-10-18(30-2)19(13-16)31-3/h4-10,13-15H,11-12H2,1-3H3,(H2,23,24,25,26). The van der Waals surface area contributed by atoms with Crippen LogP contribution in [0.5, 0.6) is 11.5 Å². The maximum absolute atomic E-state index is 11.8. The molecular weight excluding hydrogens is 398 g/mol. The predicted octanol–water partition coefficient (Wildman–Crippen LogP) is 4.23. The van der Waals surface area contributed by atoms with Gasteiger partial charge in [-0.1, -0.05) is 36.4 Å². The minimum Gasteiger partial charge on any atom is -0.493 e. The first-order valence-corrected chi connectivity index (χ1v) is 9.79. The van der Waals surface area contributed by atoms with Gasteiger partial charge in [-0.3, -0.25) is 10.1 Å². The summed E-state index contributed by atoms with van der Waals surface area (Å²) in [7, 11) is 3.16. The van der Waals surface area contributed by atoms with Crippen LogP contribution in [0.3, 0.4) is 0 Å². The molecule has 2 aromatic carbocycles. The highest BCUT2D eigenvalue weighted by Gasteiger charge is 2.24. The highest BCUT2D eigenvalue weighted by Crippen LogP contribution is 2.32. The molecule has 0 fully saturated rings. The quantitative estimate of drug-likeness (QED) is 0.368. The molecule has 31 heavy (non-hydrogen) atoms. The molecule has 0 saturated heterocycles. The Labute approximate surface area is 180 Å². The van der Waals surface area contributed by atoms with E-state index in [2.05, 4.69) is 20.6 Å². The van der Waals surface area contributed by atoms with Crippen LogP contribution >= 0.6 is 0 Å². The van der Waals surface area contributed by atoms with E-state index in [-0.39, 0.29) is 23.4 Å². The van der Waals surface area contributed by atoms with E-state index in [1.807, 2.05) is 55.5 Å². The van der Waals surface area contributed by atoms with Crippen molar-refractivity contribution in [2.45, 2.75) is 19.4 Å². The maximum Gasteiger partial charge on any atom is 0.353 e. The molecule has 0 aliphatic rings. The molecule has 0 amide bonds. The number of nitro groups is 1. The van der Waals surface area contributed by atoms with Crippen molar-refractivity contribution in [1.29, 1.82) is 0 Å². The number of nitrogens with one attached hydrogen (secondary N) is 2. The molecule has 0 radical (unpaired) electrons. The number of rotatable bonds is 10. The molecule has 2 N–H and O–H groups in total. The number of hydrogen-bond donors (Lipinski definition) is 2. The SMILES string of the molecule is COc1ccc(CCNc2ncnc(NC(C)c3ccccc3)c2[N+](=O)[O-])cc1OC. The van der Waals surface area contributed by atoms with Crippen LogP contribution in [0, 0.1) is 10.1 Å². The summed E-state index contributed by atoms with van der Waals surface area (Å²) in [6, 6.07) is 15.1. The van der Waals surface area contributed by atoms with E-state index in [4.69, 9.17) is 9.47 Å². The van der Waals surface area contributed by atoms with E-state index in [1.54, 1.807) is 14.2 Å². The van der Waals surface area contributed by atoms with Gasteiger partial charge in [0.25, 0.3) is 0 Å². The van der Waals surface area contributed by atoms with Crippen LogP contribution in [0.25, 0.3) is 0 Å². The minimum absolute atomic E-state index is 0.158. The monoisotopic (exact) mass is 423 g/mol. The summed E-state index contributed by atoms with van der Waals surface area (Å²) in [6.45, 7) is 2.37. The molecule has 3 aromatic rings. The highest BCUT2D eigenvalue weighted by atomic mass is 16.6. The molecule has 0 spiro atoms. The molecule has 0 bridgehead atoms. The lowest BCUT2D eigenvalue weighted by Gasteiger charge is -2.16. The van der Waals surface area contributed by atoms with Crippen LogP contribution in [-0.2, 0) is 6.42 Å². The third kappa shape index (κ3) is 5.39. The van der Waals surface area contributed by atoms with Gasteiger partial charge in [-0.15, -0.1) is 0 Å². The lowest BCUT2D eigenvalue weighted by molar-refractivity contribution is -0.383. The average molecular weight is 423 g/mol. The fourth-order valence-electron chi connectivity index (χ4n) is 3.18. The largest absolute Gasteiger partial charge is 0.493 e. The van der Waals surface area contributed by atoms with Crippen molar-refractivity contribution in [1.82, 2.24) is 9.97 Å². The Morgan fingerprint density at radius 3 is 2.42 bits per heavy atom. The van der Waals surface area contributed by atoms with Gasteiger partial charge in [-0.2, -0.15) is 0 Å². The van der Waals surface area contributed by atoms with Gasteiger partial charge in [0, 0.05) is 6.54 Å². The summed E-state index contributed by atoms with van der Waals surface area (Å²) in [5.74, 6) is 1.62. The Kier molecular flexibility index (Phi) is 7.21. The van der Waals surface area contributed by atoms with Crippen molar-refractivity contribution in [3.05, 3.63) is 76.1 Å². The third-order valence-electron chi connectivity index (χ3n) is 4.81. The summed E-state index contributed by atoms with van der Waals surface area (Å²) >= 11 is 0. The second kappa shape index (κ2) is 10.2. The van der Waals surface area contributed by atoms with Crippen LogP contribution in [0.1, 0.15) is 24.1 Å². The zero-order valence-corrected chi connectivity index (χ0v) is 17.7. The van der Waals surface area contributed by atoms with E-state index in [0.29, 0.717) is 24.5 Å². The first kappa shape index (κ1) is 21.8. The lowest BCUT2D eigenvalue weighted by Crippen LogP contribution is -2.13. The summed E-state index contributed by atoms with van der Waals surface area (Å²) in [5, 5.41) is 17.9. The van der Waals surface area contributed by atoms with Crippen molar-refractivity contribution in [3.8, 4) is 11.5 Å². The fourth-order valence-corrected chi connectivity index (χ4v) is 3.18. The average Bonchev–Trinajstić information content (AvgIpc) is 2.79. The van der Waals surface area contributed by atoms with Crippen LogP contribution in [0.4, 0.5) is 17.3 Å². The van der Waals surface area contributed by atoms with Crippen LogP contribution in [-0.4, -0.2) is 35.7 Å². The normalized spacial score (nSPS) is 11.5. The molecule has 9 heteroatoms. The number of benzene rings is 2. The van der Waals surface area contributed by atoms with Gasteiger partial charge in [0.2, 0.25) is 11.6 Å². The van der Waals surface area contributed by atoms with E-state index >= 15 is 0 Å². The molecule has 1 atom stereocenters. The van der Waals surface area contributed by atoms with Gasteiger partial charge in [0.05, 0.1) is 25.2 Å². The van der Waals surface area contributed by atoms with Crippen molar-refractivity contribution in [3.63, 3.8) is 0 Å². The lowest BCUT2D eigenvalue weighted by atomic mass is 10.1.